The predicted molar refractivity (Wildman–Crippen MR) is 83.5 cm³/mol. The summed E-state index contributed by atoms with van der Waals surface area (Å²) in [5.74, 6) is 0.419. The van der Waals surface area contributed by atoms with Crippen LogP contribution in [0.4, 0.5) is 5.69 Å². The maximum atomic E-state index is 9.32. The van der Waals surface area contributed by atoms with Crippen molar-refractivity contribution < 1.29 is 5.11 Å². The van der Waals surface area contributed by atoms with E-state index in [0.29, 0.717) is 12.5 Å². The van der Waals surface area contributed by atoms with Gasteiger partial charge in [-0.15, -0.1) is 0 Å². The summed E-state index contributed by atoms with van der Waals surface area (Å²) in [7, 11) is 0. The SMILES string of the molecule is CCNCc1ccc(N2CCCC(CO)C2)c(Br)c1. The molecule has 0 aliphatic carbocycles. The number of nitrogens with zero attached hydrogens (tertiary/aromatic N) is 1. The number of benzene rings is 1. The molecular formula is C15H23BrN2O. The summed E-state index contributed by atoms with van der Waals surface area (Å²) in [6, 6.07) is 6.57. The van der Waals surface area contributed by atoms with Crippen LogP contribution in [-0.2, 0) is 6.54 Å². The van der Waals surface area contributed by atoms with Crippen molar-refractivity contribution in [3.63, 3.8) is 0 Å². The second kappa shape index (κ2) is 7.27. The van der Waals surface area contributed by atoms with Gasteiger partial charge in [0.05, 0.1) is 5.69 Å². The predicted octanol–water partition coefficient (Wildman–Crippen LogP) is 2.77. The fourth-order valence-corrected chi connectivity index (χ4v) is 3.30. The quantitative estimate of drug-likeness (QED) is 0.873. The fraction of sp³-hybridized carbons (Fsp3) is 0.600. The van der Waals surface area contributed by atoms with Gasteiger partial charge in [-0.05, 0) is 58.9 Å². The number of aliphatic hydroxyl groups excluding tert-OH is 1. The van der Waals surface area contributed by atoms with E-state index in [1.807, 2.05) is 0 Å². The van der Waals surface area contributed by atoms with Gasteiger partial charge in [0.15, 0.2) is 0 Å². The molecule has 0 bridgehead atoms. The van der Waals surface area contributed by atoms with Gasteiger partial charge in [0, 0.05) is 30.7 Å². The minimum Gasteiger partial charge on any atom is -0.396 e. The van der Waals surface area contributed by atoms with Crippen molar-refractivity contribution in [3.8, 4) is 0 Å². The number of hydrogen-bond donors (Lipinski definition) is 2. The second-order valence-electron chi connectivity index (χ2n) is 5.20. The number of anilines is 1. The van der Waals surface area contributed by atoms with Crippen molar-refractivity contribution in [2.24, 2.45) is 5.92 Å². The van der Waals surface area contributed by atoms with E-state index in [1.165, 1.54) is 11.3 Å². The topological polar surface area (TPSA) is 35.5 Å². The molecule has 1 aromatic carbocycles. The normalized spacial score (nSPS) is 19.7. The zero-order valence-electron chi connectivity index (χ0n) is 11.5. The van der Waals surface area contributed by atoms with Crippen LogP contribution in [0.15, 0.2) is 22.7 Å². The molecule has 106 valence electrons. The molecule has 1 unspecified atom stereocenters. The van der Waals surface area contributed by atoms with E-state index in [2.05, 4.69) is 51.3 Å². The van der Waals surface area contributed by atoms with E-state index >= 15 is 0 Å². The van der Waals surface area contributed by atoms with Crippen LogP contribution in [0.1, 0.15) is 25.3 Å². The van der Waals surface area contributed by atoms with Gasteiger partial charge in [0.2, 0.25) is 0 Å². The maximum Gasteiger partial charge on any atom is 0.0510 e. The molecule has 1 aliphatic heterocycles. The summed E-state index contributed by atoms with van der Waals surface area (Å²) in [4.78, 5) is 2.38. The van der Waals surface area contributed by atoms with Crippen molar-refractivity contribution >= 4 is 21.6 Å². The first-order valence-electron chi connectivity index (χ1n) is 7.09. The summed E-state index contributed by atoms with van der Waals surface area (Å²) < 4.78 is 1.15. The fourth-order valence-electron chi connectivity index (χ4n) is 2.62. The number of aliphatic hydroxyl groups is 1. The van der Waals surface area contributed by atoms with Crippen LogP contribution in [0.5, 0.6) is 0 Å². The molecule has 1 saturated heterocycles. The lowest BCUT2D eigenvalue weighted by Gasteiger charge is -2.34. The molecule has 0 amide bonds. The summed E-state index contributed by atoms with van der Waals surface area (Å²) in [6.07, 6.45) is 2.31. The minimum absolute atomic E-state index is 0.298. The average molecular weight is 327 g/mol. The summed E-state index contributed by atoms with van der Waals surface area (Å²) >= 11 is 3.68. The van der Waals surface area contributed by atoms with Gasteiger partial charge in [0.1, 0.15) is 0 Å². The van der Waals surface area contributed by atoms with Crippen LogP contribution >= 0.6 is 15.9 Å². The van der Waals surface area contributed by atoms with Crippen LogP contribution in [0.25, 0.3) is 0 Å². The van der Waals surface area contributed by atoms with E-state index in [1.54, 1.807) is 0 Å². The zero-order valence-corrected chi connectivity index (χ0v) is 13.1. The van der Waals surface area contributed by atoms with Crippen molar-refractivity contribution in [1.82, 2.24) is 5.32 Å². The van der Waals surface area contributed by atoms with Crippen molar-refractivity contribution in [2.45, 2.75) is 26.3 Å². The van der Waals surface area contributed by atoms with Crippen LogP contribution in [0, 0.1) is 5.92 Å². The Hall–Kier alpha value is -0.580. The van der Waals surface area contributed by atoms with E-state index in [9.17, 15) is 5.11 Å². The Bertz CT molecular complexity index is 411. The highest BCUT2D eigenvalue weighted by molar-refractivity contribution is 9.10. The number of hydrogen-bond acceptors (Lipinski definition) is 3. The molecule has 0 saturated carbocycles. The molecule has 1 aromatic rings. The van der Waals surface area contributed by atoms with Gasteiger partial charge >= 0.3 is 0 Å². The number of nitrogens with one attached hydrogen (secondary N) is 1. The summed E-state index contributed by atoms with van der Waals surface area (Å²) in [5.41, 5.74) is 2.55. The maximum absolute atomic E-state index is 9.32. The Balaban J connectivity index is 2.07. The highest BCUT2D eigenvalue weighted by Crippen LogP contribution is 2.30. The van der Waals surface area contributed by atoms with Gasteiger partial charge < -0.3 is 15.3 Å². The smallest absolute Gasteiger partial charge is 0.0510 e. The molecule has 19 heavy (non-hydrogen) atoms. The minimum atomic E-state index is 0.298. The Morgan fingerprint density at radius 3 is 3.00 bits per heavy atom. The molecule has 0 aromatic heterocycles. The molecule has 3 nitrogen and oxygen atoms in total. The van der Waals surface area contributed by atoms with E-state index in [0.717, 1.165) is 43.5 Å². The Labute approximate surface area is 124 Å². The molecule has 1 fully saturated rings. The molecular weight excluding hydrogens is 304 g/mol. The van der Waals surface area contributed by atoms with Crippen molar-refractivity contribution in [1.29, 1.82) is 0 Å². The molecule has 2 rings (SSSR count). The van der Waals surface area contributed by atoms with Gasteiger partial charge in [-0.2, -0.15) is 0 Å². The van der Waals surface area contributed by atoms with Crippen molar-refractivity contribution in [3.05, 3.63) is 28.2 Å². The summed E-state index contributed by atoms with van der Waals surface area (Å²) in [6.45, 7) is 6.36. The van der Waals surface area contributed by atoms with Gasteiger partial charge in [0.25, 0.3) is 0 Å². The van der Waals surface area contributed by atoms with E-state index < -0.39 is 0 Å². The first-order chi connectivity index (χ1) is 9.24. The van der Waals surface area contributed by atoms with Gasteiger partial charge in [-0.1, -0.05) is 13.0 Å². The molecule has 1 aliphatic rings. The van der Waals surface area contributed by atoms with Crippen LogP contribution < -0.4 is 10.2 Å². The first-order valence-corrected chi connectivity index (χ1v) is 7.88. The highest BCUT2D eigenvalue weighted by Gasteiger charge is 2.20. The summed E-state index contributed by atoms with van der Waals surface area (Å²) in [5, 5.41) is 12.7. The van der Waals surface area contributed by atoms with E-state index in [-0.39, 0.29) is 0 Å². The first kappa shape index (κ1) is 14.8. The van der Waals surface area contributed by atoms with Crippen molar-refractivity contribution in [2.75, 3.05) is 31.1 Å². The van der Waals surface area contributed by atoms with E-state index in [4.69, 9.17) is 0 Å². The lowest BCUT2D eigenvalue weighted by atomic mass is 9.98. The molecule has 1 heterocycles. The van der Waals surface area contributed by atoms with Gasteiger partial charge in [-0.25, -0.2) is 0 Å². The third-order valence-electron chi connectivity index (χ3n) is 3.71. The molecule has 4 heteroatoms. The standard InChI is InChI=1S/C15H23BrN2O/c1-2-17-9-12-5-6-15(14(16)8-12)18-7-3-4-13(10-18)11-19/h5-6,8,13,17,19H,2-4,7,9-11H2,1H3. The molecule has 0 radical (unpaired) electrons. The van der Waals surface area contributed by atoms with Crippen LogP contribution in [0.2, 0.25) is 0 Å². The second-order valence-corrected chi connectivity index (χ2v) is 6.06. The number of halogens is 1. The van der Waals surface area contributed by atoms with Gasteiger partial charge in [-0.3, -0.25) is 0 Å². The van der Waals surface area contributed by atoms with Crippen LogP contribution in [-0.4, -0.2) is 31.3 Å². The Morgan fingerprint density at radius 1 is 1.47 bits per heavy atom. The molecule has 0 spiro atoms. The van der Waals surface area contributed by atoms with Crippen LogP contribution in [0.3, 0.4) is 0 Å². The Morgan fingerprint density at radius 2 is 2.32 bits per heavy atom. The number of rotatable bonds is 5. The third kappa shape index (κ3) is 3.94. The monoisotopic (exact) mass is 326 g/mol. The average Bonchev–Trinajstić information content (AvgIpc) is 2.45. The zero-order chi connectivity index (χ0) is 13.7. The third-order valence-corrected chi connectivity index (χ3v) is 4.34. The highest BCUT2D eigenvalue weighted by atomic mass is 79.9. The number of piperidine rings is 1. The lowest BCUT2D eigenvalue weighted by molar-refractivity contribution is 0.208. The largest absolute Gasteiger partial charge is 0.396 e. The lowest BCUT2D eigenvalue weighted by Crippen LogP contribution is -2.37. The Kier molecular flexibility index (Phi) is 5.67. The molecule has 2 N–H and O–H groups in total. The molecule has 1 atom stereocenters.